The van der Waals surface area contributed by atoms with Crippen molar-refractivity contribution < 1.29 is 18.7 Å². The fraction of sp³-hybridized carbons (Fsp3) is 0.481. The van der Waals surface area contributed by atoms with E-state index in [0.717, 1.165) is 39.4 Å². The second-order valence-electron chi connectivity index (χ2n) is 11.2. The number of fused-ring (bicyclic) bond motifs is 1. The third-order valence-corrected chi connectivity index (χ3v) is 6.95. The van der Waals surface area contributed by atoms with Crippen LogP contribution in [0, 0.1) is 24.7 Å². The third kappa shape index (κ3) is 3.19. The Kier molecular flexibility index (Phi) is 4.22. The minimum atomic E-state index is -0.417. The van der Waals surface area contributed by atoms with Gasteiger partial charge in [-0.05, 0) is 36.3 Å². The Bertz CT molecular complexity index is 1160. The van der Waals surface area contributed by atoms with E-state index in [1.165, 1.54) is 0 Å². The molecule has 31 heavy (non-hydrogen) atoms. The van der Waals surface area contributed by atoms with Crippen molar-refractivity contribution in [1.82, 2.24) is 0 Å². The van der Waals surface area contributed by atoms with Crippen LogP contribution < -0.4 is 0 Å². The largest absolute Gasteiger partial charge is 0.465 e. The number of ether oxygens (including phenoxy) is 1. The third-order valence-electron chi connectivity index (χ3n) is 6.95. The zero-order valence-electron chi connectivity index (χ0n) is 19.3. The minimum absolute atomic E-state index is 0.0810. The van der Waals surface area contributed by atoms with Crippen molar-refractivity contribution in [2.24, 2.45) is 10.8 Å². The van der Waals surface area contributed by atoms with E-state index in [4.69, 9.17) is 9.15 Å². The predicted molar refractivity (Wildman–Crippen MR) is 120 cm³/mol. The molecule has 2 aromatic rings. The standard InChI is InChI=1S/C27H30O4/c1-14-7-8-16(25-17(14)9-15(2)30-25)22-23-18(28)10-26(3,4)12-20(23)31-21-13-27(5,6)11-19(29)24(21)22/h7-9,22H,10-13H2,1-6H3. The Morgan fingerprint density at radius 2 is 1.39 bits per heavy atom. The Morgan fingerprint density at radius 1 is 0.839 bits per heavy atom. The summed E-state index contributed by atoms with van der Waals surface area (Å²) in [5.41, 5.74) is 3.80. The number of furan rings is 1. The van der Waals surface area contributed by atoms with E-state index in [1.54, 1.807) is 0 Å². The summed E-state index contributed by atoms with van der Waals surface area (Å²) >= 11 is 0. The summed E-state index contributed by atoms with van der Waals surface area (Å²) < 4.78 is 12.5. The van der Waals surface area contributed by atoms with Crippen LogP contribution >= 0.6 is 0 Å². The van der Waals surface area contributed by atoms with Crippen LogP contribution in [0.15, 0.2) is 45.3 Å². The van der Waals surface area contributed by atoms with Crippen LogP contribution in [-0.2, 0) is 14.3 Å². The molecular weight excluding hydrogens is 388 g/mol. The molecule has 0 amide bonds. The van der Waals surface area contributed by atoms with Gasteiger partial charge in [0.05, 0.1) is 5.92 Å². The number of ketones is 2. The molecule has 0 saturated heterocycles. The zero-order valence-corrected chi connectivity index (χ0v) is 19.3. The highest BCUT2D eigenvalue weighted by Gasteiger charge is 2.48. The second-order valence-corrected chi connectivity index (χ2v) is 11.2. The summed E-state index contributed by atoms with van der Waals surface area (Å²) in [5.74, 6) is 2.06. The Balaban J connectivity index is 1.79. The molecule has 0 N–H and O–H groups in total. The van der Waals surface area contributed by atoms with Crippen LogP contribution in [0.4, 0.5) is 0 Å². The number of aryl methyl sites for hydroxylation is 2. The topological polar surface area (TPSA) is 56.5 Å². The molecule has 1 aromatic heterocycles. The molecule has 162 valence electrons. The summed E-state index contributed by atoms with van der Waals surface area (Å²) in [6.45, 7) is 12.4. The van der Waals surface area contributed by atoms with Gasteiger partial charge in [0, 0.05) is 47.8 Å². The van der Waals surface area contributed by atoms with Gasteiger partial charge < -0.3 is 9.15 Å². The first-order chi connectivity index (χ1) is 14.5. The van der Waals surface area contributed by atoms with Crippen molar-refractivity contribution in [1.29, 1.82) is 0 Å². The van der Waals surface area contributed by atoms with Gasteiger partial charge in [-0.25, -0.2) is 0 Å². The van der Waals surface area contributed by atoms with Gasteiger partial charge in [-0.2, -0.15) is 0 Å². The van der Waals surface area contributed by atoms with Crippen molar-refractivity contribution in [3.63, 3.8) is 0 Å². The minimum Gasteiger partial charge on any atom is -0.465 e. The van der Waals surface area contributed by atoms with E-state index < -0.39 is 5.92 Å². The van der Waals surface area contributed by atoms with Gasteiger partial charge in [-0.3, -0.25) is 9.59 Å². The predicted octanol–water partition coefficient (Wildman–Crippen LogP) is 6.45. The van der Waals surface area contributed by atoms with Crippen LogP contribution in [0.3, 0.4) is 0 Å². The molecule has 1 aromatic carbocycles. The van der Waals surface area contributed by atoms with Crippen LogP contribution in [0.5, 0.6) is 0 Å². The van der Waals surface area contributed by atoms with Gasteiger partial charge in [-0.15, -0.1) is 0 Å². The first kappa shape index (κ1) is 20.3. The molecule has 0 saturated carbocycles. The molecule has 2 aliphatic carbocycles. The maximum absolute atomic E-state index is 13.4. The number of carbonyl (C=O) groups is 2. The van der Waals surface area contributed by atoms with Crippen LogP contribution in [-0.4, -0.2) is 11.6 Å². The maximum Gasteiger partial charge on any atom is 0.163 e. The Labute approximate surface area is 183 Å². The lowest BCUT2D eigenvalue weighted by Gasteiger charge is -2.42. The van der Waals surface area contributed by atoms with Gasteiger partial charge in [0.1, 0.15) is 22.9 Å². The van der Waals surface area contributed by atoms with Gasteiger partial charge >= 0.3 is 0 Å². The summed E-state index contributed by atoms with van der Waals surface area (Å²) in [6.07, 6.45) is 2.31. The van der Waals surface area contributed by atoms with E-state index in [1.807, 2.05) is 19.1 Å². The van der Waals surface area contributed by atoms with Crippen molar-refractivity contribution >= 4 is 22.5 Å². The molecule has 4 heteroatoms. The normalized spacial score (nSPS) is 23.2. The lowest BCUT2D eigenvalue weighted by atomic mass is 9.65. The molecule has 3 aliphatic rings. The van der Waals surface area contributed by atoms with Crippen LogP contribution in [0.1, 0.15) is 76.2 Å². The van der Waals surface area contributed by atoms with Crippen molar-refractivity contribution in [2.45, 2.75) is 73.1 Å². The van der Waals surface area contributed by atoms with E-state index in [0.29, 0.717) is 36.8 Å². The lowest BCUT2D eigenvalue weighted by Crippen LogP contribution is -2.37. The fourth-order valence-corrected chi connectivity index (χ4v) is 5.61. The maximum atomic E-state index is 13.4. The average Bonchev–Trinajstić information content (AvgIpc) is 3.00. The molecule has 4 nitrogen and oxygen atoms in total. The molecule has 5 rings (SSSR count). The van der Waals surface area contributed by atoms with Crippen molar-refractivity contribution in [3.05, 3.63) is 57.8 Å². The fourth-order valence-electron chi connectivity index (χ4n) is 5.61. The zero-order chi connectivity index (χ0) is 22.3. The number of hydrogen-bond acceptors (Lipinski definition) is 4. The average molecular weight is 419 g/mol. The summed E-state index contributed by atoms with van der Waals surface area (Å²) in [6, 6.07) is 6.14. The van der Waals surface area contributed by atoms with E-state index in [2.05, 4.69) is 40.7 Å². The quantitative estimate of drug-likeness (QED) is 0.534. The number of rotatable bonds is 1. The second kappa shape index (κ2) is 6.44. The van der Waals surface area contributed by atoms with Crippen molar-refractivity contribution in [3.8, 4) is 0 Å². The molecule has 0 unspecified atom stereocenters. The summed E-state index contributed by atoms with van der Waals surface area (Å²) in [4.78, 5) is 26.9. The number of allylic oxidation sites excluding steroid dienone is 4. The smallest absolute Gasteiger partial charge is 0.163 e. The lowest BCUT2D eigenvalue weighted by molar-refractivity contribution is -0.120. The highest BCUT2D eigenvalue weighted by Crippen LogP contribution is 2.54. The highest BCUT2D eigenvalue weighted by molar-refractivity contribution is 6.07. The molecule has 0 bridgehead atoms. The monoisotopic (exact) mass is 418 g/mol. The Hall–Kier alpha value is -2.62. The number of benzene rings is 1. The molecule has 0 spiro atoms. The number of hydrogen-bond donors (Lipinski definition) is 0. The number of Topliss-reactive ketones (excluding diaryl/α,β-unsaturated/α-hetero) is 2. The molecule has 2 heterocycles. The first-order valence-corrected chi connectivity index (χ1v) is 11.2. The molecule has 0 fully saturated rings. The Morgan fingerprint density at radius 3 is 1.94 bits per heavy atom. The van der Waals surface area contributed by atoms with Crippen LogP contribution in [0.25, 0.3) is 11.0 Å². The highest BCUT2D eigenvalue weighted by atomic mass is 16.5. The first-order valence-electron chi connectivity index (χ1n) is 11.2. The van der Waals surface area contributed by atoms with Gasteiger partial charge in [0.2, 0.25) is 0 Å². The summed E-state index contributed by atoms with van der Waals surface area (Å²) in [5, 5.41) is 1.04. The van der Waals surface area contributed by atoms with E-state index in [-0.39, 0.29) is 22.4 Å². The molecular formula is C27H30O4. The molecule has 0 atom stereocenters. The summed E-state index contributed by atoms with van der Waals surface area (Å²) in [7, 11) is 0. The van der Waals surface area contributed by atoms with Crippen LogP contribution in [0.2, 0.25) is 0 Å². The van der Waals surface area contributed by atoms with Gasteiger partial charge in [0.25, 0.3) is 0 Å². The van der Waals surface area contributed by atoms with Crippen molar-refractivity contribution in [2.75, 3.05) is 0 Å². The van der Waals surface area contributed by atoms with E-state index in [9.17, 15) is 9.59 Å². The van der Waals surface area contributed by atoms with Gasteiger partial charge in [-0.1, -0.05) is 39.8 Å². The van der Waals surface area contributed by atoms with Gasteiger partial charge in [0.15, 0.2) is 11.6 Å². The SMILES string of the molecule is Cc1cc2c(C)ccc(C3C4=C(CC(C)(C)CC4=O)OC4=C3C(=O)CC(C)(C)C4)c2o1. The van der Waals surface area contributed by atoms with E-state index >= 15 is 0 Å². The molecule has 1 aliphatic heterocycles. The number of carbonyl (C=O) groups excluding carboxylic acids is 2. The molecule has 0 radical (unpaired) electrons.